The van der Waals surface area contributed by atoms with Crippen LogP contribution >= 0.6 is 0 Å². The number of halogens is 2. The van der Waals surface area contributed by atoms with E-state index < -0.39 is 18.0 Å². The fourth-order valence-corrected chi connectivity index (χ4v) is 3.91. The van der Waals surface area contributed by atoms with E-state index in [4.69, 9.17) is 0 Å². The lowest BCUT2D eigenvalue weighted by Gasteiger charge is -2.16. The van der Waals surface area contributed by atoms with Gasteiger partial charge < -0.3 is 15.3 Å². The molecule has 3 aromatic rings. The highest BCUT2D eigenvalue weighted by Crippen LogP contribution is 2.26. The number of aromatic nitrogens is 3. The van der Waals surface area contributed by atoms with Crippen LogP contribution < -0.4 is 5.32 Å². The van der Waals surface area contributed by atoms with Gasteiger partial charge in [0.05, 0.1) is 6.54 Å². The van der Waals surface area contributed by atoms with Gasteiger partial charge in [0.25, 0.3) is 0 Å². The molecular formula is C22H25F2N5O2. The minimum absolute atomic E-state index is 0.0630. The normalized spacial score (nSPS) is 17.3. The van der Waals surface area contributed by atoms with Gasteiger partial charge >= 0.3 is 6.03 Å². The van der Waals surface area contributed by atoms with Gasteiger partial charge in [-0.1, -0.05) is 6.92 Å². The first-order valence-corrected chi connectivity index (χ1v) is 10.4. The molecule has 1 fully saturated rings. The van der Waals surface area contributed by atoms with E-state index in [0.717, 1.165) is 17.4 Å². The molecule has 164 valence electrons. The number of benzene rings is 1. The van der Waals surface area contributed by atoms with Gasteiger partial charge in [0.2, 0.25) is 0 Å². The van der Waals surface area contributed by atoms with Gasteiger partial charge in [0.1, 0.15) is 17.7 Å². The second kappa shape index (κ2) is 8.97. The summed E-state index contributed by atoms with van der Waals surface area (Å²) in [5, 5.41) is 17.1. The number of anilines is 1. The molecule has 1 aromatic carbocycles. The van der Waals surface area contributed by atoms with E-state index in [1.165, 1.54) is 27.8 Å². The summed E-state index contributed by atoms with van der Waals surface area (Å²) in [7, 11) is 0. The fourth-order valence-electron chi connectivity index (χ4n) is 3.91. The molecule has 9 heteroatoms. The van der Waals surface area contributed by atoms with Crippen molar-refractivity contribution >= 4 is 22.8 Å². The minimum atomic E-state index is -1.01. The van der Waals surface area contributed by atoms with Gasteiger partial charge in [0.15, 0.2) is 5.65 Å². The van der Waals surface area contributed by atoms with Crippen molar-refractivity contribution in [1.82, 2.24) is 19.7 Å². The van der Waals surface area contributed by atoms with E-state index in [1.54, 1.807) is 12.4 Å². The van der Waals surface area contributed by atoms with Crippen molar-refractivity contribution in [1.29, 1.82) is 0 Å². The Morgan fingerprint density at radius 2 is 2.23 bits per heavy atom. The van der Waals surface area contributed by atoms with Crippen LogP contribution in [0.15, 0.2) is 36.7 Å². The quantitative estimate of drug-likeness (QED) is 0.620. The Morgan fingerprint density at radius 1 is 1.39 bits per heavy atom. The third kappa shape index (κ3) is 4.51. The predicted molar refractivity (Wildman–Crippen MR) is 114 cm³/mol. The van der Waals surface area contributed by atoms with E-state index in [9.17, 15) is 18.7 Å². The number of amides is 2. The van der Waals surface area contributed by atoms with Crippen LogP contribution in [0.2, 0.25) is 0 Å². The molecule has 0 saturated carbocycles. The number of nitrogens with one attached hydrogen (secondary N) is 1. The smallest absolute Gasteiger partial charge is 0.321 e. The largest absolute Gasteiger partial charge is 0.396 e. The molecule has 2 amide bonds. The van der Waals surface area contributed by atoms with Gasteiger partial charge in [-0.05, 0) is 55.0 Å². The first-order valence-electron chi connectivity index (χ1n) is 10.4. The third-order valence-electron chi connectivity index (χ3n) is 5.68. The molecule has 31 heavy (non-hydrogen) atoms. The summed E-state index contributed by atoms with van der Waals surface area (Å²) in [5.74, 6) is -0.308. The summed E-state index contributed by atoms with van der Waals surface area (Å²) in [5.41, 5.74) is 2.04. The molecule has 1 aliphatic rings. The number of nitrogens with zero attached hydrogens (tertiary/aromatic N) is 4. The van der Waals surface area contributed by atoms with Crippen LogP contribution in [0.5, 0.6) is 0 Å². The standard InChI is InChI=1S/C22H25F2N5O2/c1-2-14(6-8-30)15-9-16-12-29(27-21(16)25-11-15)20-10-18(3-4-19(20)24)26-22(31)28-7-5-17(23)13-28/h3-4,9-12,14,17,30H,2,5-8,13H2,1H3,(H,26,31)/t14?,17-/m1/s1. The van der Waals surface area contributed by atoms with E-state index >= 15 is 0 Å². The number of likely N-dealkylation sites (tertiary alicyclic amines) is 1. The van der Waals surface area contributed by atoms with Crippen molar-refractivity contribution in [3.8, 4) is 5.69 Å². The van der Waals surface area contributed by atoms with Gasteiger partial charge in [-0.3, -0.25) is 0 Å². The Balaban J connectivity index is 1.59. The molecule has 2 aromatic heterocycles. The summed E-state index contributed by atoms with van der Waals surface area (Å²) in [6, 6.07) is 5.75. The zero-order valence-electron chi connectivity index (χ0n) is 17.3. The molecule has 1 aliphatic heterocycles. The van der Waals surface area contributed by atoms with Crippen molar-refractivity contribution in [3.05, 3.63) is 48.0 Å². The fraction of sp³-hybridized carbons (Fsp3) is 0.409. The Bertz CT molecular complexity index is 1090. The molecule has 4 rings (SSSR count). The lowest BCUT2D eigenvalue weighted by Crippen LogP contribution is -2.33. The highest BCUT2D eigenvalue weighted by molar-refractivity contribution is 5.90. The van der Waals surface area contributed by atoms with Crippen LogP contribution in [-0.4, -0.2) is 56.7 Å². The SMILES string of the molecule is CCC(CCO)c1cnc2nn(-c3cc(NC(=O)N4CC[C@@H](F)C4)ccc3F)cc2c1. The molecule has 1 saturated heterocycles. The maximum absolute atomic E-state index is 14.6. The highest BCUT2D eigenvalue weighted by atomic mass is 19.1. The van der Waals surface area contributed by atoms with Gasteiger partial charge in [-0.25, -0.2) is 23.2 Å². The van der Waals surface area contributed by atoms with Crippen LogP contribution in [0.1, 0.15) is 37.7 Å². The van der Waals surface area contributed by atoms with E-state index in [-0.39, 0.29) is 24.8 Å². The van der Waals surface area contributed by atoms with Crippen molar-refractivity contribution in [3.63, 3.8) is 0 Å². The molecule has 0 aliphatic carbocycles. The number of hydrogen-bond acceptors (Lipinski definition) is 4. The average Bonchev–Trinajstić information content (AvgIpc) is 3.39. The molecule has 0 spiro atoms. The van der Waals surface area contributed by atoms with E-state index in [1.807, 2.05) is 6.07 Å². The van der Waals surface area contributed by atoms with Crippen molar-refractivity contribution in [2.45, 2.75) is 38.3 Å². The Morgan fingerprint density at radius 3 is 2.94 bits per heavy atom. The number of rotatable bonds is 6. The summed E-state index contributed by atoms with van der Waals surface area (Å²) < 4.78 is 29.3. The molecule has 7 nitrogen and oxygen atoms in total. The Kier molecular flexibility index (Phi) is 6.13. The average molecular weight is 429 g/mol. The second-order valence-electron chi connectivity index (χ2n) is 7.80. The first-order chi connectivity index (χ1) is 15.0. The van der Waals surface area contributed by atoms with E-state index in [2.05, 4.69) is 22.3 Å². The minimum Gasteiger partial charge on any atom is -0.396 e. The lowest BCUT2D eigenvalue weighted by atomic mass is 9.94. The van der Waals surface area contributed by atoms with Crippen LogP contribution in [0.3, 0.4) is 0 Å². The maximum atomic E-state index is 14.6. The number of aliphatic hydroxyl groups is 1. The monoisotopic (exact) mass is 429 g/mol. The molecule has 3 heterocycles. The number of pyridine rings is 1. The number of fused-ring (bicyclic) bond motifs is 1. The third-order valence-corrected chi connectivity index (χ3v) is 5.68. The molecule has 0 bridgehead atoms. The number of carbonyl (C=O) groups is 1. The number of carbonyl (C=O) groups excluding carboxylic acids is 1. The van der Waals surface area contributed by atoms with Crippen molar-refractivity contribution < 1.29 is 18.7 Å². The molecule has 2 N–H and O–H groups in total. The zero-order chi connectivity index (χ0) is 22.0. The summed E-state index contributed by atoms with van der Waals surface area (Å²) in [6.45, 7) is 2.57. The molecule has 1 unspecified atom stereocenters. The van der Waals surface area contributed by atoms with E-state index in [0.29, 0.717) is 30.7 Å². The highest BCUT2D eigenvalue weighted by Gasteiger charge is 2.26. The van der Waals surface area contributed by atoms with Gasteiger partial charge in [-0.2, -0.15) is 0 Å². The number of urea groups is 1. The van der Waals surface area contributed by atoms with Crippen LogP contribution in [0.4, 0.5) is 19.3 Å². The Hall–Kier alpha value is -3.07. The first kappa shape index (κ1) is 21.2. The Labute approximate surface area is 178 Å². The summed E-state index contributed by atoms with van der Waals surface area (Å²) >= 11 is 0. The summed E-state index contributed by atoms with van der Waals surface area (Å²) in [4.78, 5) is 18.1. The topological polar surface area (TPSA) is 83.3 Å². The maximum Gasteiger partial charge on any atom is 0.321 e. The van der Waals surface area contributed by atoms with Crippen LogP contribution in [0, 0.1) is 5.82 Å². The predicted octanol–water partition coefficient (Wildman–Crippen LogP) is 4.01. The summed E-state index contributed by atoms with van der Waals surface area (Å²) in [6.07, 6.45) is 4.27. The number of alkyl halides is 1. The molecule has 2 atom stereocenters. The molecular weight excluding hydrogens is 404 g/mol. The van der Waals surface area contributed by atoms with Crippen molar-refractivity contribution in [2.75, 3.05) is 25.0 Å². The van der Waals surface area contributed by atoms with Crippen LogP contribution in [0.25, 0.3) is 16.7 Å². The second-order valence-corrected chi connectivity index (χ2v) is 7.80. The number of hydrogen-bond donors (Lipinski definition) is 2. The van der Waals surface area contributed by atoms with Gasteiger partial charge in [0, 0.05) is 36.6 Å². The van der Waals surface area contributed by atoms with Crippen LogP contribution in [-0.2, 0) is 0 Å². The van der Waals surface area contributed by atoms with Gasteiger partial charge in [-0.15, -0.1) is 5.10 Å². The molecule has 0 radical (unpaired) electrons. The van der Waals surface area contributed by atoms with Crippen molar-refractivity contribution in [2.24, 2.45) is 0 Å². The zero-order valence-corrected chi connectivity index (χ0v) is 17.3. The lowest BCUT2D eigenvalue weighted by molar-refractivity contribution is 0.218. The number of aliphatic hydroxyl groups excluding tert-OH is 1.